The zero-order chi connectivity index (χ0) is 12.8. The average Bonchev–Trinajstić information content (AvgIpc) is 2.70. The van der Waals surface area contributed by atoms with Crippen LogP contribution >= 0.6 is 0 Å². The lowest BCUT2D eigenvalue weighted by molar-refractivity contribution is 0.546. The van der Waals surface area contributed by atoms with Gasteiger partial charge in [0.15, 0.2) is 0 Å². The molecule has 1 aromatic rings. The van der Waals surface area contributed by atoms with E-state index < -0.39 is 0 Å². The molecule has 1 aromatic heterocycles. The SMILES string of the molecule is CC(C)(C)c1nc(N)cc(NC2CC2(C)C)n1. The van der Waals surface area contributed by atoms with Crippen LogP contribution in [0.5, 0.6) is 0 Å². The molecule has 1 atom stereocenters. The largest absolute Gasteiger partial charge is 0.384 e. The standard InChI is InChI=1S/C13H22N4/c1-12(2,3)11-16-9(14)6-10(17-11)15-8-7-13(8,4)5/h6,8H,7H2,1-5H3,(H3,14,15,16,17). The van der Waals surface area contributed by atoms with Crippen molar-refractivity contribution in [2.45, 2.75) is 52.5 Å². The van der Waals surface area contributed by atoms with Crippen LogP contribution in [0.25, 0.3) is 0 Å². The summed E-state index contributed by atoms with van der Waals surface area (Å²) in [5.74, 6) is 2.17. The van der Waals surface area contributed by atoms with E-state index in [-0.39, 0.29) is 5.41 Å². The highest BCUT2D eigenvalue weighted by molar-refractivity contribution is 5.47. The lowest BCUT2D eigenvalue weighted by atomic mass is 9.96. The minimum absolute atomic E-state index is 0.0785. The molecule has 0 amide bonds. The predicted octanol–water partition coefficient (Wildman–Crippen LogP) is 2.57. The first-order valence-electron chi connectivity index (χ1n) is 6.10. The van der Waals surface area contributed by atoms with Gasteiger partial charge in [-0.05, 0) is 11.8 Å². The van der Waals surface area contributed by atoms with Crippen molar-refractivity contribution in [3.8, 4) is 0 Å². The molecule has 0 saturated heterocycles. The van der Waals surface area contributed by atoms with Crippen molar-refractivity contribution in [1.29, 1.82) is 0 Å². The van der Waals surface area contributed by atoms with Crippen molar-refractivity contribution in [3.63, 3.8) is 0 Å². The summed E-state index contributed by atoms with van der Waals surface area (Å²) in [5.41, 5.74) is 6.13. The second-order valence-electron chi connectivity index (χ2n) is 6.64. The maximum atomic E-state index is 5.83. The van der Waals surface area contributed by atoms with Crippen molar-refractivity contribution < 1.29 is 0 Å². The number of nitrogens with two attached hydrogens (primary N) is 1. The maximum absolute atomic E-state index is 5.83. The smallest absolute Gasteiger partial charge is 0.138 e. The Morgan fingerprint density at radius 1 is 1.35 bits per heavy atom. The fourth-order valence-corrected chi connectivity index (χ4v) is 1.77. The number of anilines is 2. The summed E-state index contributed by atoms with van der Waals surface area (Å²) in [6, 6.07) is 2.31. The Balaban J connectivity index is 2.21. The lowest BCUT2D eigenvalue weighted by Gasteiger charge is -2.18. The van der Waals surface area contributed by atoms with E-state index in [1.54, 1.807) is 0 Å². The van der Waals surface area contributed by atoms with Crippen LogP contribution in [0.4, 0.5) is 11.6 Å². The normalized spacial score (nSPS) is 22.3. The molecule has 1 heterocycles. The van der Waals surface area contributed by atoms with Gasteiger partial charge >= 0.3 is 0 Å². The molecule has 0 radical (unpaired) electrons. The molecule has 0 aliphatic heterocycles. The van der Waals surface area contributed by atoms with Gasteiger partial charge in [0.2, 0.25) is 0 Å². The monoisotopic (exact) mass is 234 g/mol. The third-order valence-electron chi connectivity index (χ3n) is 3.25. The highest BCUT2D eigenvalue weighted by Gasteiger charge is 2.45. The van der Waals surface area contributed by atoms with Gasteiger partial charge in [0.1, 0.15) is 17.5 Å². The Morgan fingerprint density at radius 3 is 2.41 bits per heavy atom. The molecule has 1 saturated carbocycles. The molecule has 17 heavy (non-hydrogen) atoms. The number of nitrogens with one attached hydrogen (secondary N) is 1. The molecule has 0 aromatic carbocycles. The minimum atomic E-state index is -0.0785. The van der Waals surface area contributed by atoms with Gasteiger partial charge in [-0.15, -0.1) is 0 Å². The molecule has 94 valence electrons. The molecule has 2 rings (SSSR count). The topological polar surface area (TPSA) is 63.8 Å². The van der Waals surface area contributed by atoms with Crippen LogP contribution in [0.15, 0.2) is 6.07 Å². The fourth-order valence-electron chi connectivity index (χ4n) is 1.77. The van der Waals surface area contributed by atoms with Gasteiger partial charge in [-0.2, -0.15) is 0 Å². The summed E-state index contributed by atoms with van der Waals surface area (Å²) < 4.78 is 0. The molecule has 0 bridgehead atoms. The van der Waals surface area contributed by atoms with E-state index in [1.165, 1.54) is 6.42 Å². The van der Waals surface area contributed by atoms with Crippen molar-refractivity contribution in [1.82, 2.24) is 9.97 Å². The zero-order valence-electron chi connectivity index (χ0n) is 11.3. The number of aromatic nitrogens is 2. The molecular weight excluding hydrogens is 212 g/mol. The molecule has 4 heteroatoms. The highest BCUT2D eigenvalue weighted by atomic mass is 15.1. The van der Waals surface area contributed by atoms with E-state index in [2.05, 4.69) is 49.9 Å². The van der Waals surface area contributed by atoms with E-state index in [1.807, 2.05) is 6.07 Å². The van der Waals surface area contributed by atoms with Crippen LogP contribution in [-0.2, 0) is 5.41 Å². The van der Waals surface area contributed by atoms with E-state index in [9.17, 15) is 0 Å². The van der Waals surface area contributed by atoms with Gasteiger partial charge in [-0.3, -0.25) is 0 Å². The first-order valence-corrected chi connectivity index (χ1v) is 6.10. The summed E-state index contributed by atoms with van der Waals surface area (Å²) in [5, 5.41) is 3.43. The summed E-state index contributed by atoms with van der Waals surface area (Å²) >= 11 is 0. The van der Waals surface area contributed by atoms with Crippen LogP contribution in [0, 0.1) is 5.41 Å². The second-order valence-corrected chi connectivity index (χ2v) is 6.64. The Kier molecular flexibility index (Phi) is 2.56. The van der Waals surface area contributed by atoms with E-state index >= 15 is 0 Å². The Morgan fingerprint density at radius 2 is 1.94 bits per heavy atom. The molecular formula is C13H22N4. The lowest BCUT2D eigenvalue weighted by Crippen LogP contribution is -2.19. The Bertz CT molecular complexity index is 432. The van der Waals surface area contributed by atoms with Gasteiger partial charge in [-0.25, -0.2) is 9.97 Å². The average molecular weight is 234 g/mol. The molecule has 1 aliphatic carbocycles. The predicted molar refractivity (Wildman–Crippen MR) is 71.0 cm³/mol. The van der Waals surface area contributed by atoms with Gasteiger partial charge in [-0.1, -0.05) is 34.6 Å². The van der Waals surface area contributed by atoms with Gasteiger partial charge in [0.05, 0.1) is 0 Å². The first kappa shape index (κ1) is 12.1. The fraction of sp³-hybridized carbons (Fsp3) is 0.692. The van der Waals surface area contributed by atoms with Crippen LogP contribution in [0.2, 0.25) is 0 Å². The highest BCUT2D eigenvalue weighted by Crippen LogP contribution is 2.46. The van der Waals surface area contributed by atoms with Crippen molar-refractivity contribution >= 4 is 11.6 Å². The summed E-state index contributed by atoms with van der Waals surface area (Å²) in [4.78, 5) is 8.84. The van der Waals surface area contributed by atoms with Crippen LogP contribution in [0.3, 0.4) is 0 Å². The molecule has 1 unspecified atom stereocenters. The quantitative estimate of drug-likeness (QED) is 0.825. The number of rotatable bonds is 2. The number of nitrogens with zero attached hydrogens (tertiary/aromatic N) is 2. The molecule has 0 spiro atoms. The molecule has 1 aliphatic rings. The third-order valence-corrected chi connectivity index (χ3v) is 3.25. The minimum Gasteiger partial charge on any atom is -0.384 e. The molecule has 4 nitrogen and oxygen atoms in total. The number of nitrogen functional groups attached to an aromatic ring is 1. The summed E-state index contributed by atoms with van der Waals surface area (Å²) in [7, 11) is 0. The van der Waals surface area contributed by atoms with E-state index in [0.717, 1.165) is 11.6 Å². The Labute approximate surface area is 103 Å². The van der Waals surface area contributed by atoms with Crippen LogP contribution in [0.1, 0.15) is 46.9 Å². The molecule has 3 N–H and O–H groups in total. The Hall–Kier alpha value is -1.32. The van der Waals surface area contributed by atoms with Gasteiger partial charge in [0, 0.05) is 17.5 Å². The summed E-state index contributed by atoms with van der Waals surface area (Å²) in [6.45, 7) is 10.8. The zero-order valence-corrected chi connectivity index (χ0v) is 11.3. The maximum Gasteiger partial charge on any atom is 0.138 e. The van der Waals surface area contributed by atoms with E-state index in [0.29, 0.717) is 17.3 Å². The van der Waals surface area contributed by atoms with Crippen LogP contribution in [-0.4, -0.2) is 16.0 Å². The van der Waals surface area contributed by atoms with Crippen LogP contribution < -0.4 is 11.1 Å². The molecule has 1 fully saturated rings. The van der Waals surface area contributed by atoms with Crippen molar-refractivity contribution in [2.24, 2.45) is 5.41 Å². The van der Waals surface area contributed by atoms with E-state index in [4.69, 9.17) is 5.73 Å². The third kappa shape index (κ3) is 2.68. The van der Waals surface area contributed by atoms with Gasteiger partial charge in [0.25, 0.3) is 0 Å². The first-order chi connectivity index (χ1) is 7.68. The van der Waals surface area contributed by atoms with Crippen molar-refractivity contribution in [2.75, 3.05) is 11.1 Å². The number of hydrogen-bond acceptors (Lipinski definition) is 4. The van der Waals surface area contributed by atoms with Gasteiger partial charge < -0.3 is 11.1 Å². The second kappa shape index (κ2) is 3.59. The van der Waals surface area contributed by atoms with Crippen molar-refractivity contribution in [3.05, 3.63) is 11.9 Å². The number of hydrogen-bond donors (Lipinski definition) is 2. The summed E-state index contributed by atoms with van der Waals surface area (Å²) in [6.07, 6.45) is 1.18.